The number of allylic oxidation sites excluding steroid dienone is 2. The van der Waals surface area contributed by atoms with Crippen LogP contribution in [-0.2, 0) is 42.9 Å². The van der Waals surface area contributed by atoms with Crippen molar-refractivity contribution in [2.45, 2.75) is 126 Å². The van der Waals surface area contributed by atoms with Crippen LogP contribution >= 0.6 is 0 Å². The van der Waals surface area contributed by atoms with Gasteiger partial charge in [0.25, 0.3) is 0 Å². The molecule has 11 heteroatoms. The van der Waals surface area contributed by atoms with Crippen molar-refractivity contribution in [3.63, 3.8) is 0 Å². The summed E-state index contributed by atoms with van der Waals surface area (Å²) in [4.78, 5) is 76.5. The Labute approximate surface area is 308 Å². The minimum absolute atomic E-state index is 0.0139. The number of Topliss-reactive ketones (excluding diaryl/α,β-unsaturated/α-hetero) is 1. The maximum Gasteiger partial charge on any atom is 0.408 e. The molecule has 0 aromatic heterocycles. The largest absolute Gasteiger partial charge is 0.464 e. The van der Waals surface area contributed by atoms with Gasteiger partial charge in [0.15, 0.2) is 17.7 Å². The molecule has 4 fully saturated rings. The van der Waals surface area contributed by atoms with Crippen LogP contribution in [0.1, 0.15) is 108 Å². The zero-order valence-electron chi connectivity index (χ0n) is 32.7. The van der Waals surface area contributed by atoms with Gasteiger partial charge >= 0.3 is 24.0 Å². The lowest BCUT2D eigenvalue weighted by molar-refractivity contribution is -0.166. The number of ketones is 2. The molecule has 2 spiro atoms. The van der Waals surface area contributed by atoms with Gasteiger partial charge in [-0.3, -0.25) is 24.0 Å². The maximum absolute atomic E-state index is 14.2. The molecule has 0 heterocycles. The molecular formula is C41H59NO10. The number of esters is 3. The van der Waals surface area contributed by atoms with Gasteiger partial charge in [0, 0.05) is 37.5 Å². The molecule has 0 bridgehead atoms. The van der Waals surface area contributed by atoms with Crippen molar-refractivity contribution >= 4 is 35.6 Å². The van der Waals surface area contributed by atoms with E-state index < -0.39 is 66.0 Å². The number of amides is 1. The minimum atomic E-state index is -1.20. The first kappa shape index (κ1) is 39.7. The molecular weight excluding hydrogens is 666 g/mol. The Hall–Kier alpha value is -3.50. The highest BCUT2D eigenvalue weighted by Crippen LogP contribution is 2.87. The normalized spacial score (nSPS) is 37.4. The SMILES string of the molecule is C=C(C(=O)[C@H](OC(C)=O)C(C)[C@H]1[C@@H](OC(C)=O)C[C@@]2(C)[C@@H]3CC[C@H]4[C@H](C)C(=O)C=CC45CC35CC[C@]12C)[C@@H](C)COC(=O)CNC(=O)OC(C)(C)C. The van der Waals surface area contributed by atoms with Gasteiger partial charge in [0.05, 0.1) is 6.61 Å². The molecule has 0 aromatic rings. The molecule has 52 heavy (non-hydrogen) atoms. The van der Waals surface area contributed by atoms with Gasteiger partial charge in [-0.15, -0.1) is 0 Å². The molecule has 5 aliphatic carbocycles. The standard InChI is InChI=1S/C41H59NO10/c1-22(20-49-32(46)19-42-36(48)52-37(7,8)9)23(2)34(47)35(51-27(6)44)25(4)33-30(50-26(5)43)18-39(11)31-13-12-28-24(3)29(45)14-15-40(28)21-41(31,40)17-16-38(33,39)10/h14-15,22,24-25,28,30-31,33,35H,2,12-13,16-21H2,1,3-11H3,(H,42,48)/t22-,24-,25?,28-,30-,31-,33-,35+,38+,39-,40?,41?/m0/s1. The zero-order valence-corrected chi connectivity index (χ0v) is 32.7. The second-order valence-electron chi connectivity index (χ2n) is 18.1. The quantitative estimate of drug-likeness (QED) is 0.146. The van der Waals surface area contributed by atoms with Crippen molar-refractivity contribution in [2.24, 2.45) is 57.2 Å². The molecule has 3 unspecified atom stereocenters. The van der Waals surface area contributed by atoms with E-state index in [4.69, 9.17) is 18.9 Å². The van der Waals surface area contributed by atoms with E-state index in [0.717, 1.165) is 32.1 Å². The highest BCUT2D eigenvalue weighted by atomic mass is 16.6. The van der Waals surface area contributed by atoms with Crippen LogP contribution < -0.4 is 5.32 Å². The Balaban J connectivity index is 1.35. The smallest absolute Gasteiger partial charge is 0.408 e. The third-order valence-corrected chi connectivity index (χ3v) is 14.1. The predicted octanol–water partition coefficient (Wildman–Crippen LogP) is 6.32. The van der Waals surface area contributed by atoms with Crippen molar-refractivity contribution in [1.29, 1.82) is 0 Å². The van der Waals surface area contributed by atoms with Crippen molar-refractivity contribution in [3.8, 4) is 0 Å². The van der Waals surface area contributed by atoms with Crippen LogP contribution in [0.25, 0.3) is 0 Å². The molecule has 288 valence electrons. The van der Waals surface area contributed by atoms with E-state index in [1.165, 1.54) is 13.8 Å². The Morgan fingerprint density at radius 1 is 1.02 bits per heavy atom. The second-order valence-corrected chi connectivity index (χ2v) is 18.1. The lowest BCUT2D eigenvalue weighted by atomic mass is 9.43. The van der Waals surface area contributed by atoms with Crippen molar-refractivity contribution in [3.05, 3.63) is 24.3 Å². The molecule has 5 aliphatic rings. The summed E-state index contributed by atoms with van der Waals surface area (Å²) in [6.45, 7) is 21.5. The lowest BCUT2D eigenvalue weighted by Gasteiger charge is -2.61. The number of hydrogen-bond acceptors (Lipinski definition) is 10. The Morgan fingerprint density at radius 2 is 1.69 bits per heavy atom. The summed E-state index contributed by atoms with van der Waals surface area (Å²) in [6.07, 6.45) is 7.09. The highest BCUT2D eigenvalue weighted by molar-refractivity contribution is 6.00. The van der Waals surface area contributed by atoms with E-state index in [0.29, 0.717) is 18.3 Å². The Kier molecular flexibility index (Phi) is 10.5. The average Bonchev–Trinajstić information content (AvgIpc) is 3.65. The monoisotopic (exact) mass is 725 g/mol. The summed E-state index contributed by atoms with van der Waals surface area (Å²) in [5, 5.41) is 2.35. The van der Waals surface area contributed by atoms with Gasteiger partial charge in [-0.25, -0.2) is 4.79 Å². The molecule has 1 amide bonds. The maximum atomic E-state index is 14.2. The average molecular weight is 726 g/mol. The fraction of sp³-hybridized carbons (Fsp3) is 0.756. The van der Waals surface area contributed by atoms with Crippen molar-refractivity contribution < 1.29 is 47.7 Å². The summed E-state index contributed by atoms with van der Waals surface area (Å²) in [7, 11) is 0. The fourth-order valence-corrected chi connectivity index (χ4v) is 11.7. The van der Waals surface area contributed by atoms with E-state index in [-0.39, 0.29) is 51.5 Å². The molecule has 0 aromatic carbocycles. The first-order valence-electron chi connectivity index (χ1n) is 19.0. The van der Waals surface area contributed by atoms with Gasteiger partial charge in [-0.1, -0.05) is 47.3 Å². The molecule has 1 N–H and O–H groups in total. The van der Waals surface area contributed by atoms with Crippen LogP contribution in [0.4, 0.5) is 4.79 Å². The number of nitrogens with one attached hydrogen (secondary N) is 1. The third kappa shape index (κ3) is 6.63. The van der Waals surface area contributed by atoms with E-state index in [1.54, 1.807) is 27.7 Å². The first-order chi connectivity index (χ1) is 24.0. The second kappa shape index (κ2) is 13.7. The molecule has 4 saturated carbocycles. The van der Waals surface area contributed by atoms with Crippen LogP contribution in [0.3, 0.4) is 0 Å². The summed E-state index contributed by atoms with van der Waals surface area (Å²) in [5.41, 5.74) is -1.09. The van der Waals surface area contributed by atoms with Crippen LogP contribution in [-0.4, -0.2) is 66.5 Å². The Morgan fingerprint density at radius 3 is 2.31 bits per heavy atom. The summed E-state index contributed by atoms with van der Waals surface area (Å²) >= 11 is 0. The molecule has 12 atom stereocenters. The van der Waals surface area contributed by atoms with Crippen LogP contribution in [0.15, 0.2) is 24.3 Å². The van der Waals surface area contributed by atoms with Gasteiger partial charge in [0.1, 0.15) is 18.2 Å². The lowest BCUT2D eigenvalue weighted by Crippen LogP contribution is -2.56. The van der Waals surface area contributed by atoms with Crippen LogP contribution in [0.5, 0.6) is 0 Å². The van der Waals surface area contributed by atoms with Gasteiger partial charge < -0.3 is 24.3 Å². The molecule has 5 rings (SSSR count). The van der Waals surface area contributed by atoms with Crippen LogP contribution in [0, 0.1) is 57.2 Å². The Bertz CT molecular complexity index is 1560. The number of alkyl carbamates (subject to hydrolysis) is 1. The topological polar surface area (TPSA) is 151 Å². The van der Waals surface area contributed by atoms with Gasteiger partial charge in [-0.2, -0.15) is 0 Å². The molecule has 0 radical (unpaired) electrons. The molecule has 11 nitrogen and oxygen atoms in total. The fourth-order valence-electron chi connectivity index (χ4n) is 11.7. The summed E-state index contributed by atoms with van der Waals surface area (Å²) in [5.74, 6) is -2.74. The number of carbonyl (C=O) groups is 6. The molecule has 0 saturated heterocycles. The number of carbonyl (C=O) groups excluding carboxylic acids is 6. The number of hydrogen-bond donors (Lipinski definition) is 1. The van der Waals surface area contributed by atoms with Crippen molar-refractivity contribution in [1.82, 2.24) is 5.32 Å². The number of ether oxygens (including phenoxy) is 4. The zero-order chi connectivity index (χ0) is 38.8. The summed E-state index contributed by atoms with van der Waals surface area (Å²) in [6, 6.07) is 0. The summed E-state index contributed by atoms with van der Waals surface area (Å²) < 4.78 is 22.4. The van der Waals surface area contributed by atoms with Crippen LogP contribution in [0.2, 0.25) is 0 Å². The van der Waals surface area contributed by atoms with Gasteiger partial charge in [-0.05, 0) is 104 Å². The van der Waals surface area contributed by atoms with Crippen molar-refractivity contribution in [2.75, 3.05) is 13.2 Å². The van der Waals surface area contributed by atoms with E-state index in [2.05, 4.69) is 38.7 Å². The predicted molar refractivity (Wildman–Crippen MR) is 191 cm³/mol. The van der Waals surface area contributed by atoms with E-state index in [9.17, 15) is 28.8 Å². The minimum Gasteiger partial charge on any atom is -0.464 e. The van der Waals surface area contributed by atoms with E-state index >= 15 is 0 Å². The highest BCUT2D eigenvalue weighted by Gasteiger charge is 2.81. The third-order valence-electron chi connectivity index (χ3n) is 14.1. The van der Waals surface area contributed by atoms with Gasteiger partial charge in [0.2, 0.25) is 0 Å². The number of rotatable bonds is 11. The number of fused-ring (bicyclic) bond motifs is 2. The van der Waals surface area contributed by atoms with E-state index in [1.807, 2.05) is 13.0 Å². The first-order valence-corrected chi connectivity index (χ1v) is 19.0. The molecule has 0 aliphatic heterocycles.